The molecule has 2 aromatic rings. The van der Waals surface area contributed by atoms with Gasteiger partial charge in [0.1, 0.15) is 5.75 Å². The molecule has 0 bridgehead atoms. The molecule has 0 aromatic heterocycles. The van der Waals surface area contributed by atoms with Gasteiger partial charge in [-0.1, -0.05) is 18.2 Å². The molecule has 0 fully saturated rings. The normalized spacial score (nSPS) is 10.7. The van der Waals surface area contributed by atoms with E-state index in [1.165, 1.54) is 0 Å². The van der Waals surface area contributed by atoms with Crippen LogP contribution in [0.15, 0.2) is 42.5 Å². The van der Waals surface area contributed by atoms with Crippen LogP contribution < -0.4 is 14.2 Å². The molecule has 2 rings (SSSR count). The second kappa shape index (κ2) is 7.19. The van der Waals surface area contributed by atoms with Crippen LogP contribution in [-0.4, -0.2) is 21.3 Å². The summed E-state index contributed by atoms with van der Waals surface area (Å²) in [5.41, 5.74) is 2.21. The predicted octanol–water partition coefficient (Wildman–Crippen LogP) is 3.78. The highest BCUT2D eigenvalue weighted by molar-refractivity contribution is 5.90. The number of allylic oxidation sites excluding steroid dienone is 1. The third-order valence-electron chi connectivity index (χ3n) is 3.22. The lowest BCUT2D eigenvalue weighted by Crippen LogP contribution is -1.91. The van der Waals surface area contributed by atoms with Crippen molar-refractivity contribution in [2.24, 2.45) is 0 Å². The van der Waals surface area contributed by atoms with Crippen molar-refractivity contribution in [2.45, 2.75) is 0 Å². The smallest absolute Gasteiger partial charge is 0.161 e. The Morgan fingerprint density at radius 3 is 2.36 bits per heavy atom. The summed E-state index contributed by atoms with van der Waals surface area (Å²) in [4.78, 5) is 0. The van der Waals surface area contributed by atoms with E-state index in [0.717, 1.165) is 11.1 Å². The van der Waals surface area contributed by atoms with Gasteiger partial charge in [-0.3, -0.25) is 0 Å². The molecule has 0 spiro atoms. The van der Waals surface area contributed by atoms with Gasteiger partial charge < -0.3 is 14.2 Å². The summed E-state index contributed by atoms with van der Waals surface area (Å²) in [7, 11) is 4.77. The number of benzene rings is 2. The summed E-state index contributed by atoms with van der Waals surface area (Å²) < 4.78 is 15.7. The maximum absolute atomic E-state index is 9.42. The van der Waals surface area contributed by atoms with Crippen molar-refractivity contribution in [1.82, 2.24) is 0 Å². The van der Waals surface area contributed by atoms with Crippen molar-refractivity contribution in [3.05, 3.63) is 53.6 Å². The zero-order chi connectivity index (χ0) is 15.9. The van der Waals surface area contributed by atoms with Gasteiger partial charge in [0, 0.05) is 0 Å². The Kier molecular flexibility index (Phi) is 5.05. The number of hydrogen-bond acceptors (Lipinski definition) is 4. The topological polar surface area (TPSA) is 51.5 Å². The number of ether oxygens (including phenoxy) is 3. The summed E-state index contributed by atoms with van der Waals surface area (Å²) in [6.45, 7) is 0. The predicted molar refractivity (Wildman–Crippen MR) is 86.0 cm³/mol. The van der Waals surface area contributed by atoms with Gasteiger partial charge >= 0.3 is 0 Å². The van der Waals surface area contributed by atoms with Crippen molar-refractivity contribution in [2.75, 3.05) is 21.3 Å². The first-order valence-corrected chi connectivity index (χ1v) is 6.70. The molecule has 22 heavy (non-hydrogen) atoms. The molecule has 0 radical (unpaired) electrons. The molecule has 0 heterocycles. The van der Waals surface area contributed by atoms with Gasteiger partial charge in [-0.05, 0) is 41.5 Å². The Morgan fingerprint density at radius 1 is 0.955 bits per heavy atom. The first kappa shape index (κ1) is 15.5. The first-order valence-electron chi connectivity index (χ1n) is 6.70. The second-order valence-electron chi connectivity index (χ2n) is 4.52. The zero-order valence-electron chi connectivity index (χ0n) is 12.8. The Morgan fingerprint density at radius 2 is 1.73 bits per heavy atom. The molecule has 2 aromatic carbocycles. The van der Waals surface area contributed by atoms with E-state index >= 15 is 0 Å². The van der Waals surface area contributed by atoms with Gasteiger partial charge in [-0.25, -0.2) is 0 Å². The average Bonchev–Trinajstić information content (AvgIpc) is 2.59. The molecule has 0 saturated carbocycles. The van der Waals surface area contributed by atoms with E-state index in [4.69, 9.17) is 14.2 Å². The van der Waals surface area contributed by atoms with Crippen LogP contribution in [0.1, 0.15) is 11.1 Å². The van der Waals surface area contributed by atoms with E-state index in [1.807, 2.05) is 42.5 Å². The SMILES string of the molecule is COc1cccc(C(C#N)=Cc2ccc(OC)c(OC)c2)c1. The second-order valence-corrected chi connectivity index (χ2v) is 4.52. The van der Waals surface area contributed by atoms with Gasteiger partial charge in [0.05, 0.1) is 33.0 Å². The van der Waals surface area contributed by atoms with Crippen LogP contribution in [0.25, 0.3) is 11.6 Å². The maximum atomic E-state index is 9.42. The Balaban J connectivity index is 2.42. The molecule has 0 saturated heterocycles. The van der Waals surface area contributed by atoms with Crippen LogP contribution in [0.5, 0.6) is 17.2 Å². The Bertz CT molecular complexity index is 729. The molecule has 0 aliphatic rings. The highest BCUT2D eigenvalue weighted by atomic mass is 16.5. The maximum Gasteiger partial charge on any atom is 0.161 e. The minimum absolute atomic E-state index is 0.547. The number of methoxy groups -OCH3 is 3. The van der Waals surface area contributed by atoms with E-state index in [-0.39, 0.29) is 0 Å². The molecule has 4 nitrogen and oxygen atoms in total. The van der Waals surface area contributed by atoms with E-state index < -0.39 is 0 Å². The summed E-state index contributed by atoms with van der Waals surface area (Å²) in [5, 5.41) is 9.42. The molecule has 112 valence electrons. The standard InChI is InChI=1S/C18H17NO3/c1-20-16-6-4-5-14(11-16)15(12-19)9-13-7-8-17(21-2)18(10-13)22-3/h4-11H,1-3H3. The molecular weight excluding hydrogens is 278 g/mol. The highest BCUT2D eigenvalue weighted by Crippen LogP contribution is 2.29. The third kappa shape index (κ3) is 3.39. The summed E-state index contributed by atoms with van der Waals surface area (Å²) >= 11 is 0. The number of nitrogens with zero attached hydrogens (tertiary/aromatic N) is 1. The fraction of sp³-hybridized carbons (Fsp3) is 0.167. The lowest BCUT2D eigenvalue weighted by atomic mass is 10.0. The van der Waals surface area contributed by atoms with Crippen LogP contribution in [-0.2, 0) is 0 Å². The number of hydrogen-bond donors (Lipinski definition) is 0. The van der Waals surface area contributed by atoms with Crippen LogP contribution in [0.2, 0.25) is 0 Å². The average molecular weight is 295 g/mol. The fourth-order valence-electron chi connectivity index (χ4n) is 2.08. The quantitative estimate of drug-likeness (QED) is 0.622. The van der Waals surface area contributed by atoms with Crippen LogP contribution in [0.3, 0.4) is 0 Å². The lowest BCUT2D eigenvalue weighted by molar-refractivity contribution is 0.355. The van der Waals surface area contributed by atoms with E-state index in [2.05, 4.69) is 6.07 Å². The molecule has 0 atom stereocenters. The Hall–Kier alpha value is -2.93. The lowest BCUT2D eigenvalue weighted by Gasteiger charge is -2.08. The van der Waals surface area contributed by atoms with Crippen molar-refractivity contribution < 1.29 is 14.2 Å². The third-order valence-corrected chi connectivity index (χ3v) is 3.22. The van der Waals surface area contributed by atoms with Gasteiger partial charge in [-0.2, -0.15) is 5.26 Å². The largest absolute Gasteiger partial charge is 0.497 e. The van der Waals surface area contributed by atoms with Crippen molar-refractivity contribution in [3.63, 3.8) is 0 Å². The van der Waals surface area contributed by atoms with E-state index in [9.17, 15) is 5.26 Å². The van der Waals surface area contributed by atoms with E-state index in [0.29, 0.717) is 22.8 Å². The molecule has 0 aliphatic carbocycles. The Labute approximate surface area is 130 Å². The molecule has 0 amide bonds. The van der Waals surface area contributed by atoms with E-state index in [1.54, 1.807) is 27.4 Å². The summed E-state index contributed by atoms with van der Waals surface area (Å²) in [5.74, 6) is 1.99. The van der Waals surface area contributed by atoms with Crippen molar-refractivity contribution in [1.29, 1.82) is 5.26 Å². The molecule has 0 aliphatic heterocycles. The van der Waals surface area contributed by atoms with Crippen LogP contribution in [0.4, 0.5) is 0 Å². The fourth-order valence-corrected chi connectivity index (χ4v) is 2.08. The van der Waals surface area contributed by atoms with Gasteiger partial charge in [0.2, 0.25) is 0 Å². The van der Waals surface area contributed by atoms with Gasteiger partial charge in [-0.15, -0.1) is 0 Å². The van der Waals surface area contributed by atoms with Crippen LogP contribution >= 0.6 is 0 Å². The molecule has 4 heteroatoms. The molecule has 0 N–H and O–H groups in total. The van der Waals surface area contributed by atoms with Gasteiger partial charge in [0.25, 0.3) is 0 Å². The van der Waals surface area contributed by atoms with Crippen LogP contribution in [0, 0.1) is 11.3 Å². The minimum atomic E-state index is 0.547. The minimum Gasteiger partial charge on any atom is -0.497 e. The number of rotatable bonds is 5. The van der Waals surface area contributed by atoms with Gasteiger partial charge in [0.15, 0.2) is 11.5 Å². The molecule has 0 unspecified atom stereocenters. The van der Waals surface area contributed by atoms with Crippen molar-refractivity contribution in [3.8, 4) is 23.3 Å². The highest BCUT2D eigenvalue weighted by Gasteiger charge is 2.06. The summed E-state index contributed by atoms with van der Waals surface area (Å²) in [6, 6.07) is 15.1. The first-order chi connectivity index (χ1) is 10.7. The summed E-state index contributed by atoms with van der Waals surface area (Å²) in [6.07, 6.45) is 1.80. The molecular formula is C18H17NO3. The monoisotopic (exact) mass is 295 g/mol. The zero-order valence-corrected chi connectivity index (χ0v) is 12.8. The number of nitriles is 1. The van der Waals surface area contributed by atoms with Crippen molar-refractivity contribution >= 4 is 11.6 Å².